The molecule has 0 unspecified atom stereocenters. The van der Waals surface area contributed by atoms with Crippen molar-refractivity contribution in [3.8, 4) is 0 Å². The minimum Gasteiger partial charge on any atom is -0.0716 e. The Balaban J connectivity index is 4.27. The minimum absolute atomic E-state index is 0.733. The summed E-state index contributed by atoms with van der Waals surface area (Å²) in [5, 5.41) is 0. The quantitative estimate of drug-likeness (QED) is 0.533. The number of allylic oxidation sites excluding steroid dienone is 2. The highest BCUT2D eigenvalue weighted by Gasteiger charge is 2.02. The van der Waals surface area contributed by atoms with Gasteiger partial charge in [0.15, 0.2) is 0 Å². The molecule has 0 nitrogen and oxygen atoms in total. The van der Waals surface area contributed by atoms with E-state index in [1.165, 1.54) is 19.3 Å². The maximum Gasteiger partial charge on any atom is -0.0260 e. The van der Waals surface area contributed by atoms with E-state index in [1.807, 2.05) is 0 Å². The van der Waals surface area contributed by atoms with Gasteiger partial charge in [0.25, 0.3) is 0 Å². The molecule has 0 fully saturated rings. The highest BCUT2D eigenvalue weighted by Crippen LogP contribution is 2.20. The van der Waals surface area contributed by atoms with Crippen LogP contribution in [0.15, 0.2) is 11.1 Å². The van der Waals surface area contributed by atoms with E-state index in [2.05, 4.69) is 34.6 Å². The SMILES string of the molecule is CCCC(CC)=C(C)C(C)C. The first kappa shape index (κ1) is 10.7. The highest BCUT2D eigenvalue weighted by atomic mass is 14.1. The summed E-state index contributed by atoms with van der Waals surface area (Å²) in [7, 11) is 0. The smallest absolute Gasteiger partial charge is 0.0260 e. The van der Waals surface area contributed by atoms with Crippen LogP contribution in [0.4, 0.5) is 0 Å². The van der Waals surface area contributed by atoms with Gasteiger partial charge in [-0.3, -0.25) is 0 Å². The molecule has 0 spiro atoms. The molecule has 0 aliphatic carbocycles. The Hall–Kier alpha value is -0.260. The Kier molecular flexibility index (Phi) is 5.27. The van der Waals surface area contributed by atoms with Gasteiger partial charge < -0.3 is 0 Å². The molecule has 0 bridgehead atoms. The topological polar surface area (TPSA) is 0 Å². The van der Waals surface area contributed by atoms with E-state index in [9.17, 15) is 0 Å². The summed E-state index contributed by atoms with van der Waals surface area (Å²) in [6.45, 7) is 11.3. The fraction of sp³-hybridized carbons (Fsp3) is 0.818. The molecular weight excluding hydrogens is 132 g/mol. The third-order valence-electron chi connectivity index (χ3n) is 2.40. The van der Waals surface area contributed by atoms with Crippen molar-refractivity contribution >= 4 is 0 Å². The van der Waals surface area contributed by atoms with Crippen LogP contribution < -0.4 is 0 Å². The second-order valence-corrected chi connectivity index (χ2v) is 3.54. The fourth-order valence-electron chi connectivity index (χ4n) is 1.36. The lowest BCUT2D eigenvalue weighted by Gasteiger charge is -2.12. The van der Waals surface area contributed by atoms with Gasteiger partial charge in [-0.25, -0.2) is 0 Å². The average molecular weight is 154 g/mol. The third kappa shape index (κ3) is 3.60. The molecule has 0 N–H and O–H groups in total. The second kappa shape index (κ2) is 5.40. The normalized spacial score (nSPS) is 13.6. The van der Waals surface area contributed by atoms with E-state index in [0.717, 1.165) is 5.92 Å². The molecule has 0 rings (SSSR count). The van der Waals surface area contributed by atoms with Crippen molar-refractivity contribution < 1.29 is 0 Å². The molecule has 0 saturated carbocycles. The molecule has 0 amide bonds. The molecule has 0 saturated heterocycles. The van der Waals surface area contributed by atoms with Crippen LogP contribution in [0.2, 0.25) is 0 Å². The number of hydrogen-bond acceptors (Lipinski definition) is 0. The van der Waals surface area contributed by atoms with Gasteiger partial charge in [-0.1, -0.05) is 45.3 Å². The molecule has 11 heavy (non-hydrogen) atoms. The van der Waals surface area contributed by atoms with Crippen molar-refractivity contribution in [1.82, 2.24) is 0 Å². The number of rotatable bonds is 4. The first-order valence-corrected chi connectivity index (χ1v) is 4.81. The Morgan fingerprint density at radius 1 is 1.18 bits per heavy atom. The molecule has 0 aromatic carbocycles. The van der Waals surface area contributed by atoms with Crippen molar-refractivity contribution in [2.75, 3.05) is 0 Å². The monoisotopic (exact) mass is 154 g/mol. The van der Waals surface area contributed by atoms with E-state index in [-0.39, 0.29) is 0 Å². The lowest BCUT2D eigenvalue weighted by atomic mass is 9.94. The summed E-state index contributed by atoms with van der Waals surface area (Å²) in [6.07, 6.45) is 3.81. The highest BCUT2D eigenvalue weighted by molar-refractivity contribution is 5.13. The largest absolute Gasteiger partial charge is 0.0716 e. The summed E-state index contributed by atoms with van der Waals surface area (Å²) in [6, 6.07) is 0. The summed E-state index contributed by atoms with van der Waals surface area (Å²) in [4.78, 5) is 0. The van der Waals surface area contributed by atoms with Gasteiger partial charge in [0.2, 0.25) is 0 Å². The third-order valence-corrected chi connectivity index (χ3v) is 2.40. The van der Waals surface area contributed by atoms with E-state index in [4.69, 9.17) is 0 Å². The van der Waals surface area contributed by atoms with Crippen molar-refractivity contribution in [1.29, 1.82) is 0 Å². The van der Waals surface area contributed by atoms with Crippen molar-refractivity contribution in [3.05, 3.63) is 11.1 Å². The zero-order valence-corrected chi connectivity index (χ0v) is 8.70. The minimum atomic E-state index is 0.733. The lowest BCUT2D eigenvalue weighted by molar-refractivity contribution is 0.722. The van der Waals surface area contributed by atoms with Crippen LogP contribution >= 0.6 is 0 Å². The average Bonchev–Trinajstić information content (AvgIpc) is 1.98. The maximum absolute atomic E-state index is 2.28. The van der Waals surface area contributed by atoms with Crippen LogP contribution in [0.3, 0.4) is 0 Å². The van der Waals surface area contributed by atoms with Gasteiger partial charge in [-0.15, -0.1) is 0 Å². The van der Waals surface area contributed by atoms with E-state index < -0.39 is 0 Å². The summed E-state index contributed by atoms with van der Waals surface area (Å²) < 4.78 is 0. The van der Waals surface area contributed by atoms with Crippen LogP contribution in [0.1, 0.15) is 53.9 Å². The molecule has 0 aromatic heterocycles. The van der Waals surface area contributed by atoms with Gasteiger partial charge >= 0.3 is 0 Å². The molecule has 0 aliphatic heterocycles. The fourth-order valence-corrected chi connectivity index (χ4v) is 1.36. The molecule has 0 aromatic rings. The Labute approximate surface area is 71.7 Å². The zero-order valence-electron chi connectivity index (χ0n) is 8.70. The Morgan fingerprint density at radius 2 is 1.73 bits per heavy atom. The summed E-state index contributed by atoms with van der Waals surface area (Å²) in [5.41, 5.74) is 3.27. The van der Waals surface area contributed by atoms with Gasteiger partial charge in [0.1, 0.15) is 0 Å². The van der Waals surface area contributed by atoms with Crippen LogP contribution in [-0.4, -0.2) is 0 Å². The zero-order chi connectivity index (χ0) is 8.85. The van der Waals surface area contributed by atoms with E-state index >= 15 is 0 Å². The first-order chi connectivity index (χ1) is 5.13. The van der Waals surface area contributed by atoms with Crippen LogP contribution in [-0.2, 0) is 0 Å². The molecule has 0 radical (unpaired) electrons. The van der Waals surface area contributed by atoms with Crippen molar-refractivity contribution in [3.63, 3.8) is 0 Å². The predicted molar refractivity (Wildman–Crippen MR) is 52.7 cm³/mol. The molecule has 0 heteroatoms. The first-order valence-electron chi connectivity index (χ1n) is 4.81. The maximum atomic E-state index is 2.28. The molecule has 0 heterocycles. The molecule has 0 aliphatic rings. The van der Waals surface area contributed by atoms with Crippen LogP contribution in [0, 0.1) is 5.92 Å². The standard InChI is InChI=1S/C11H22/c1-6-8-11(7-2)10(5)9(3)4/h9H,6-8H2,1-5H3. The van der Waals surface area contributed by atoms with E-state index in [0.29, 0.717) is 0 Å². The molecule has 0 atom stereocenters. The number of hydrogen-bond donors (Lipinski definition) is 0. The summed E-state index contributed by atoms with van der Waals surface area (Å²) in [5.74, 6) is 0.733. The molecular formula is C11H22. The van der Waals surface area contributed by atoms with Gasteiger partial charge in [-0.2, -0.15) is 0 Å². The van der Waals surface area contributed by atoms with Crippen molar-refractivity contribution in [2.24, 2.45) is 5.92 Å². The van der Waals surface area contributed by atoms with Crippen molar-refractivity contribution in [2.45, 2.75) is 53.9 Å². The molecule has 66 valence electrons. The predicted octanol–water partition coefficient (Wildman–Crippen LogP) is 4.17. The van der Waals surface area contributed by atoms with Crippen LogP contribution in [0.25, 0.3) is 0 Å². The second-order valence-electron chi connectivity index (χ2n) is 3.54. The van der Waals surface area contributed by atoms with Gasteiger partial charge in [-0.05, 0) is 25.7 Å². The lowest BCUT2D eigenvalue weighted by Crippen LogP contribution is -1.95. The van der Waals surface area contributed by atoms with Crippen LogP contribution in [0.5, 0.6) is 0 Å². The summed E-state index contributed by atoms with van der Waals surface area (Å²) >= 11 is 0. The Bertz CT molecular complexity index is 129. The van der Waals surface area contributed by atoms with Gasteiger partial charge in [0.05, 0.1) is 0 Å². The van der Waals surface area contributed by atoms with E-state index in [1.54, 1.807) is 11.1 Å². The Morgan fingerprint density at radius 3 is 2.00 bits per heavy atom. The van der Waals surface area contributed by atoms with Gasteiger partial charge in [0, 0.05) is 0 Å².